The Morgan fingerprint density at radius 2 is 2.23 bits per heavy atom. The van der Waals surface area contributed by atoms with Crippen LogP contribution in [0.1, 0.15) is 12.5 Å². The minimum Gasteiger partial charge on any atom is -0.468 e. The molecule has 0 radical (unpaired) electrons. The van der Waals surface area contributed by atoms with Gasteiger partial charge < -0.3 is 14.6 Å². The van der Waals surface area contributed by atoms with Crippen molar-refractivity contribution in [3.05, 3.63) is 36.0 Å². The molecule has 0 saturated carbocycles. The normalized spacial score (nSPS) is 10.8. The van der Waals surface area contributed by atoms with Crippen LogP contribution in [0.3, 0.4) is 0 Å². The van der Waals surface area contributed by atoms with E-state index in [0.717, 1.165) is 23.0 Å². The monoisotopic (exact) mass is 318 g/mol. The van der Waals surface area contributed by atoms with Crippen LogP contribution in [0.2, 0.25) is 0 Å². The third kappa shape index (κ3) is 3.82. The number of esters is 1. The van der Waals surface area contributed by atoms with Gasteiger partial charge in [0.25, 0.3) is 0 Å². The Bertz CT molecular complexity index is 709. The van der Waals surface area contributed by atoms with Gasteiger partial charge in [-0.3, -0.25) is 10.2 Å². The Balaban J connectivity index is 2.24. The first-order valence-corrected chi connectivity index (χ1v) is 7.28. The highest BCUT2D eigenvalue weighted by atomic mass is 32.1. The SMILES string of the molecule is CCNC(=S)N/N=C\c1cn(CC(=O)OC)c2ccccc12. The first kappa shape index (κ1) is 16.0. The van der Waals surface area contributed by atoms with E-state index in [1.165, 1.54) is 7.11 Å². The Labute approximate surface area is 134 Å². The third-order valence-corrected chi connectivity index (χ3v) is 3.29. The Morgan fingerprint density at radius 1 is 1.45 bits per heavy atom. The van der Waals surface area contributed by atoms with Crippen LogP contribution in [0.5, 0.6) is 0 Å². The van der Waals surface area contributed by atoms with Crippen LogP contribution >= 0.6 is 12.2 Å². The van der Waals surface area contributed by atoms with E-state index < -0.39 is 0 Å². The largest absolute Gasteiger partial charge is 0.468 e. The van der Waals surface area contributed by atoms with Crippen LogP contribution in [-0.2, 0) is 16.1 Å². The van der Waals surface area contributed by atoms with E-state index in [-0.39, 0.29) is 12.5 Å². The zero-order valence-corrected chi connectivity index (χ0v) is 13.3. The molecule has 0 fully saturated rings. The fraction of sp³-hybridized carbons (Fsp3) is 0.267. The lowest BCUT2D eigenvalue weighted by atomic mass is 10.2. The molecular formula is C15H18N4O2S. The molecule has 7 heteroatoms. The summed E-state index contributed by atoms with van der Waals surface area (Å²) in [5, 5.41) is 8.54. The highest BCUT2D eigenvalue weighted by Gasteiger charge is 2.09. The number of methoxy groups -OCH3 is 1. The van der Waals surface area contributed by atoms with Crippen LogP contribution in [0.25, 0.3) is 10.9 Å². The maximum absolute atomic E-state index is 11.5. The summed E-state index contributed by atoms with van der Waals surface area (Å²) < 4.78 is 6.56. The average molecular weight is 318 g/mol. The van der Waals surface area contributed by atoms with Crippen molar-refractivity contribution in [2.75, 3.05) is 13.7 Å². The molecule has 0 aliphatic rings. The molecule has 2 aromatic rings. The zero-order valence-electron chi connectivity index (χ0n) is 12.5. The topological polar surface area (TPSA) is 67.7 Å². The van der Waals surface area contributed by atoms with Gasteiger partial charge in [-0.25, -0.2) is 0 Å². The van der Waals surface area contributed by atoms with Crippen LogP contribution < -0.4 is 10.7 Å². The quantitative estimate of drug-likeness (QED) is 0.380. The molecule has 1 aromatic heterocycles. The van der Waals surface area contributed by atoms with E-state index in [9.17, 15) is 4.79 Å². The van der Waals surface area contributed by atoms with Crippen molar-refractivity contribution < 1.29 is 9.53 Å². The molecule has 2 rings (SSSR count). The van der Waals surface area contributed by atoms with Crippen LogP contribution in [0, 0.1) is 0 Å². The Morgan fingerprint density at radius 3 is 2.95 bits per heavy atom. The molecule has 2 N–H and O–H groups in total. The van der Waals surface area contributed by atoms with Crippen LogP contribution in [0.15, 0.2) is 35.6 Å². The summed E-state index contributed by atoms with van der Waals surface area (Å²) in [6.07, 6.45) is 3.54. The highest BCUT2D eigenvalue weighted by molar-refractivity contribution is 7.80. The molecular weight excluding hydrogens is 300 g/mol. The first-order chi connectivity index (χ1) is 10.7. The van der Waals surface area contributed by atoms with Crippen molar-refractivity contribution in [3.8, 4) is 0 Å². The molecule has 116 valence electrons. The number of hydrogen-bond acceptors (Lipinski definition) is 4. The summed E-state index contributed by atoms with van der Waals surface area (Å²) in [7, 11) is 1.38. The number of hydrazone groups is 1. The van der Waals surface area contributed by atoms with Crippen molar-refractivity contribution in [1.82, 2.24) is 15.3 Å². The summed E-state index contributed by atoms with van der Waals surface area (Å²) in [6, 6.07) is 7.80. The number of rotatable bonds is 5. The predicted octanol–water partition coefficient (Wildman–Crippen LogP) is 1.63. The molecule has 0 spiro atoms. The standard InChI is InChI=1S/C15H18N4O2S/c1-3-16-15(22)18-17-8-11-9-19(10-14(20)21-2)13-7-5-4-6-12(11)13/h4-9H,3,10H2,1-2H3,(H2,16,18,22)/b17-8-. The Hall–Kier alpha value is -2.41. The minimum atomic E-state index is -0.296. The molecule has 0 atom stereocenters. The molecule has 1 heterocycles. The van der Waals surface area contributed by atoms with E-state index in [1.54, 1.807) is 6.21 Å². The first-order valence-electron chi connectivity index (χ1n) is 6.87. The van der Waals surface area contributed by atoms with Gasteiger partial charge >= 0.3 is 5.97 Å². The molecule has 0 saturated heterocycles. The number of hydrogen-bond donors (Lipinski definition) is 2. The molecule has 1 aromatic carbocycles. The van der Waals surface area contributed by atoms with Gasteiger partial charge in [0.15, 0.2) is 5.11 Å². The van der Waals surface area contributed by atoms with Crippen molar-refractivity contribution in [2.45, 2.75) is 13.5 Å². The number of carbonyl (C=O) groups is 1. The van der Waals surface area contributed by atoms with E-state index in [0.29, 0.717) is 5.11 Å². The van der Waals surface area contributed by atoms with E-state index in [2.05, 4.69) is 15.8 Å². The highest BCUT2D eigenvalue weighted by Crippen LogP contribution is 2.20. The summed E-state index contributed by atoms with van der Waals surface area (Å²) in [4.78, 5) is 11.5. The number of para-hydroxylation sites is 1. The van der Waals surface area contributed by atoms with Gasteiger partial charge in [-0.2, -0.15) is 5.10 Å². The van der Waals surface area contributed by atoms with Crippen molar-refractivity contribution in [2.24, 2.45) is 5.10 Å². The number of fused-ring (bicyclic) bond motifs is 1. The summed E-state index contributed by atoms with van der Waals surface area (Å²) in [5.41, 5.74) is 4.59. The smallest absolute Gasteiger partial charge is 0.325 e. The fourth-order valence-corrected chi connectivity index (χ4v) is 2.27. The van der Waals surface area contributed by atoms with E-state index >= 15 is 0 Å². The number of carbonyl (C=O) groups excluding carboxylic acids is 1. The lowest BCUT2D eigenvalue weighted by Gasteiger charge is -2.02. The van der Waals surface area contributed by atoms with Gasteiger partial charge in [-0.1, -0.05) is 18.2 Å². The van der Waals surface area contributed by atoms with Gasteiger partial charge in [0.05, 0.1) is 13.3 Å². The summed E-state index contributed by atoms with van der Waals surface area (Å²) in [5.74, 6) is -0.296. The van der Waals surface area contributed by atoms with Crippen LogP contribution in [-0.4, -0.2) is 35.5 Å². The van der Waals surface area contributed by atoms with Gasteiger partial charge in [-0.15, -0.1) is 0 Å². The second-order valence-electron chi connectivity index (χ2n) is 4.54. The number of ether oxygens (including phenoxy) is 1. The molecule has 22 heavy (non-hydrogen) atoms. The van der Waals surface area contributed by atoms with Gasteiger partial charge in [0.1, 0.15) is 6.54 Å². The van der Waals surface area contributed by atoms with Crippen molar-refractivity contribution in [3.63, 3.8) is 0 Å². The van der Waals surface area contributed by atoms with Gasteiger partial charge in [0, 0.05) is 29.2 Å². The molecule has 6 nitrogen and oxygen atoms in total. The number of aromatic nitrogens is 1. The van der Waals surface area contributed by atoms with Crippen LogP contribution in [0.4, 0.5) is 0 Å². The summed E-state index contributed by atoms with van der Waals surface area (Å²) >= 11 is 5.04. The van der Waals surface area contributed by atoms with Crippen molar-refractivity contribution in [1.29, 1.82) is 0 Å². The van der Waals surface area contributed by atoms with Gasteiger partial charge in [0.2, 0.25) is 0 Å². The Kier molecular flexibility index (Phi) is 5.48. The predicted molar refractivity (Wildman–Crippen MR) is 91.0 cm³/mol. The van der Waals surface area contributed by atoms with Crippen molar-refractivity contribution >= 4 is 40.4 Å². The van der Waals surface area contributed by atoms with E-state index in [1.807, 2.05) is 42.0 Å². The number of nitrogens with one attached hydrogen (secondary N) is 2. The second-order valence-corrected chi connectivity index (χ2v) is 4.94. The lowest BCUT2D eigenvalue weighted by Crippen LogP contribution is -2.31. The maximum Gasteiger partial charge on any atom is 0.325 e. The number of thiocarbonyl (C=S) groups is 1. The minimum absolute atomic E-state index is 0.161. The molecule has 0 aliphatic carbocycles. The second kappa shape index (κ2) is 7.56. The number of nitrogens with zero attached hydrogens (tertiary/aromatic N) is 2. The summed E-state index contributed by atoms with van der Waals surface area (Å²) in [6.45, 7) is 2.85. The van der Waals surface area contributed by atoms with E-state index in [4.69, 9.17) is 17.0 Å². The third-order valence-electron chi connectivity index (χ3n) is 3.05. The molecule has 0 amide bonds. The molecule has 0 aliphatic heterocycles. The molecule has 0 unspecified atom stereocenters. The number of benzene rings is 1. The fourth-order valence-electron chi connectivity index (χ4n) is 2.07. The lowest BCUT2D eigenvalue weighted by molar-refractivity contribution is -0.141. The maximum atomic E-state index is 11.5. The zero-order chi connectivity index (χ0) is 15.9. The van der Waals surface area contributed by atoms with Gasteiger partial charge in [-0.05, 0) is 25.2 Å². The molecule has 0 bridgehead atoms. The average Bonchev–Trinajstić information content (AvgIpc) is 2.86.